The summed E-state index contributed by atoms with van der Waals surface area (Å²) in [4.78, 5) is 27.6. The van der Waals surface area contributed by atoms with Gasteiger partial charge < -0.3 is 0 Å². The molecule has 0 spiro atoms. The number of carbonyl (C=O) groups is 2. The minimum absolute atomic E-state index is 0.0456. The average Bonchev–Trinajstić information content (AvgIpc) is 3.10. The lowest BCUT2D eigenvalue weighted by Crippen LogP contribution is -2.39. The molecule has 0 saturated carbocycles. The van der Waals surface area contributed by atoms with Crippen molar-refractivity contribution in [3.63, 3.8) is 0 Å². The van der Waals surface area contributed by atoms with Crippen LogP contribution in [0.1, 0.15) is 32.9 Å². The van der Waals surface area contributed by atoms with E-state index in [4.69, 9.17) is 11.6 Å². The predicted octanol–water partition coefficient (Wildman–Crippen LogP) is 4.18. The molecule has 1 aromatic heterocycles. The summed E-state index contributed by atoms with van der Waals surface area (Å²) in [6, 6.07) is 10.8. The van der Waals surface area contributed by atoms with E-state index in [9.17, 15) is 9.59 Å². The van der Waals surface area contributed by atoms with E-state index in [1.54, 1.807) is 24.3 Å². The molecule has 0 unspecified atom stereocenters. The fourth-order valence-electron chi connectivity index (χ4n) is 2.92. The Morgan fingerprint density at radius 3 is 2.43 bits per heavy atom. The molecule has 2 heterocycles. The number of hydrogen-bond donors (Lipinski definition) is 0. The number of piperidine rings is 1. The van der Waals surface area contributed by atoms with E-state index in [2.05, 4.69) is 4.90 Å². The van der Waals surface area contributed by atoms with Crippen molar-refractivity contribution < 1.29 is 9.59 Å². The van der Waals surface area contributed by atoms with Gasteiger partial charge in [0.05, 0.1) is 11.4 Å². The van der Waals surface area contributed by atoms with Crippen LogP contribution in [0.4, 0.5) is 0 Å². The summed E-state index contributed by atoms with van der Waals surface area (Å²) in [5, 5.41) is 2.56. The van der Waals surface area contributed by atoms with Gasteiger partial charge in [-0.15, -0.1) is 11.3 Å². The van der Waals surface area contributed by atoms with Crippen molar-refractivity contribution in [2.45, 2.75) is 12.8 Å². The molecule has 1 aromatic carbocycles. The van der Waals surface area contributed by atoms with E-state index >= 15 is 0 Å². The highest BCUT2D eigenvalue weighted by Crippen LogP contribution is 2.23. The molecule has 0 amide bonds. The van der Waals surface area contributed by atoms with Crippen LogP contribution in [0.5, 0.6) is 0 Å². The quantitative estimate of drug-likeness (QED) is 0.761. The molecule has 1 aliphatic heterocycles. The van der Waals surface area contributed by atoms with Crippen LogP contribution < -0.4 is 0 Å². The minimum Gasteiger partial charge on any atom is -0.296 e. The van der Waals surface area contributed by atoms with Gasteiger partial charge in [-0.3, -0.25) is 14.5 Å². The number of carbonyl (C=O) groups excluding carboxylic acids is 2. The van der Waals surface area contributed by atoms with Crippen molar-refractivity contribution in [1.82, 2.24) is 4.90 Å². The predicted molar refractivity (Wildman–Crippen MR) is 93.6 cm³/mol. The van der Waals surface area contributed by atoms with E-state index in [1.807, 2.05) is 17.5 Å². The van der Waals surface area contributed by atoms with Gasteiger partial charge in [0.15, 0.2) is 11.6 Å². The van der Waals surface area contributed by atoms with Crippen LogP contribution in [0.25, 0.3) is 0 Å². The lowest BCUT2D eigenvalue weighted by atomic mass is 9.89. The van der Waals surface area contributed by atoms with Gasteiger partial charge in [-0.1, -0.05) is 17.7 Å². The van der Waals surface area contributed by atoms with E-state index in [1.165, 1.54) is 11.3 Å². The van der Waals surface area contributed by atoms with Gasteiger partial charge in [0.25, 0.3) is 0 Å². The number of thiophene rings is 1. The highest BCUT2D eigenvalue weighted by Gasteiger charge is 2.26. The highest BCUT2D eigenvalue weighted by atomic mass is 35.5. The third-order valence-corrected chi connectivity index (χ3v) is 5.41. The van der Waals surface area contributed by atoms with Gasteiger partial charge in [0.1, 0.15) is 0 Å². The first kappa shape index (κ1) is 16.4. The zero-order valence-corrected chi connectivity index (χ0v) is 14.3. The molecule has 1 fully saturated rings. The van der Waals surface area contributed by atoms with Crippen molar-refractivity contribution >= 4 is 34.5 Å². The third kappa shape index (κ3) is 4.08. The van der Waals surface area contributed by atoms with Gasteiger partial charge in [-0.05, 0) is 61.6 Å². The second-order valence-electron chi connectivity index (χ2n) is 5.82. The first-order valence-corrected chi connectivity index (χ1v) is 8.98. The van der Waals surface area contributed by atoms with Gasteiger partial charge in [-0.25, -0.2) is 0 Å². The van der Waals surface area contributed by atoms with Gasteiger partial charge in [0.2, 0.25) is 0 Å². The molecule has 3 rings (SSSR count). The Morgan fingerprint density at radius 1 is 1.13 bits per heavy atom. The maximum absolute atomic E-state index is 12.5. The summed E-state index contributed by atoms with van der Waals surface area (Å²) < 4.78 is 0. The van der Waals surface area contributed by atoms with Crippen molar-refractivity contribution in [3.8, 4) is 0 Å². The molecule has 0 aliphatic carbocycles. The van der Waals surface area contributed by atoms with E-state index in [-0.39, 0.29) is 17.5 Å². The molecular weight excluding hydrogens is 330 g/mol. The summed E-state index contributed by atoms with van der Waals surface area (Å²) in [6.07, 6.45) is 1.61. The standard InChI is InChI=1S/C18H18ClNO2S/c19-15-5-3-13(4-6-15)18(22)14-7-9-20(10-8-14)12-16(21)17-2-1-11-23-17/h1-6,11,14H,7-10,12H2. The highest BCUT2D eigenvalue weighted by molar-refractivity contribution is 7.12. The van der Waals surface area contributed by atoms with Crippen LogP contribution >= 0.6 is 22.9 Å². The van der Waals surface area contributed by atoms with E-state index in [0.717, 1.165) is 36.4 Å². The van der Waals surface area contributed by atoms with Crippen molar-refractivity contribution in [2.24, 2.45) is 5.92 Å². The first-order valence-electron chi connectivity index (χ1n) is 7.72. The Labute approximate surface area is 144 Å². The lowest BCUT2D eigenvalue weighted by Gasteiger charge is -2.30. The number of hydrogen-bond acceptors (Lipinski definition) is 4. The number of likely N-dealkylation sites (tertiary alicyclic amines) is 1. The second-order valence-corrected chi connectivity index (χ2v) is 7.21. The molecule has 2 aromatic rings. The molecule has 0 atom stereocenters. The van der Waals surface area contributed by atoms with Gasteiger partial charge in [0, 0.05) is 16.5 Å². The molecule has 1 aliphatic rings. The van der Waals surface area contributed by atoms with Crippen LogP contribution in [0.15, 0.2) is 41.8 Å². The smallest absolute Gasteiger partial charge is 0.186 e. The molecular formula is C18H18ClNO2S. The SMILES string of the molecule is O=C(CN1CCC(C(=O)c2ccc(Cl)cc2)CC1)c1cccs1. The third-order valence-electron chi connectivity index (χ3n) is 4.25. The van der Waals surface area contributed by atoms with Crippen LogP contribution in [0, 0.1) is 5.92 Å². The van der Waals surface area contributed by atoms with E-state index in [0.29, 0.717) is 11.6 Å². The number of nitrogens with zero attached hydrogens (tertiary/aromatic N) is 1. The Morgan fingerprint density at radius 2 is 1.83 bits per heavy atom. The van der Waals surface area contributed by atoms with Crippen LogP contribution in [0.3, 0.4) is 0 Å². The summed E-state index contributed by atoms with van der Waals surface area (Å²) in [7, 11) is 0. The molecule has 0 N–H and O–H groups in total. The fourth-order valence-corrected chi connectivity index (χ4v) is 3.70. The number of halogens is 1. The molecule has 3 nitrogen and oxygen atoms in total. The van der Waals surface area contributed by atoms with Gasteiger partial charge >= 0.3 is 0 Å². The maximum Gasteiger partial charge on any atom is 0.186 e. The van der Waals surface area contributed by atoms with Crippen molar-refractivity contribution in [1.29, 1.82) is 0 Å². The topological polar surface area (TPSA) is 37.4 Å². The number of rotatable bonds is 5. The largest absolute Gasteiger partial charge is 0.296 e. The van der Waals surface area contributed by atoms with Crippen molar-refractivity contribution in [2.75, 3.05) is 19.6 Å². The van der Waals surface area contributed by atoms with Crippen molar-refractivity contribution in [3.05, 3.63) is 57.2 Å². The second kappa shape index (κ2) is 7.39. The Bertz CT molecular complexity index is 674. The van der Waals surface area contributed by atoms with Crippen LogP contribution in [-0.2, 0) is 0 Å². The molecule has 23 heavy (non-hydrogen) atoms. The summed E-state index contributed by atoms with van der Waals surface area (Å²) in [5.41, 5.74) is 0.725. The zero-order chi connectivity index (χ0) is 16.2. The molecule has 1 saturated heterocycles. The normalized spacial score (nSPS) is 16.4. The molecule has 0 radical (unpaired) electrons. The number of ketones is 2. The first-order chi connectivity index (χ1) is 11.1. The fraction of sp³-hybridized carbons (Fsp3) is 0.333. The Hall–Kier alpha value is -1.49. The van der Waals surface area contributed by atoms with Crippen LogP contribution in [0.2, 0.25) is 5.02 Å². The zero-order valence-electron chi connectivity index (χ0n) is 12.7. The summed E-state index contributed by atoms with van der Waals surface area (Å²) >= 11 is 7.35. The summed E-state index contributed by atoms with van der Waals surface area (Å²) in [5.74, 6) is 0.401. The average molecular weight is 348 g/mol. The Kier molecular flexibility index (Phi) is 5.26. The number of benzene rings is 1. The maximum atomic E-state index is 12.5. The molecule has 0 bridgehead atoms. The Balaban J connectivity index is 1.53. The minimum atomic E-state index is 0.0456. The van der Waals surface area contributed by atoms with Gasteiger partial charge in [-0.2, -0.15) is 0 Å². The van der Waals surface area contributed by atoms with Crippen LogP contribution in [-0.4, -0.2) is 36.1 Å². The van der Waals surface area contributed by atoms with E-state index < -0.39 is 0 Å². The molecule has 5 heteroatoms. The summed E-state index contributed by atoms with van der Waals surface area (Å²) in [6.45, 7) is 2.03. The number of Topliss-reactive ketones (excluding diaryl/α,β-unsaturated/α-hetero) is 2. The molecule has 120 valence electrons. The lowest BCUT2D eigenvalue weighted by molar-refractivity contribution is 0.0807. The monoisotopic (exact) mass is 347 g/mol.